The number of aryl methyl sites for hydroxylation is 1. The van der Waals surface area contributed by atoms with Crippen molar-refractivity contribution in [2.75, 3.05) is 10.6 Å². The fourth-order valence-corrected chi connectivity index (χ4v) is 2.81. The van der Waals surface area contributed by atoms with Gasteiger partial charge in [-0.1, -0.05) is 37.0 Å². The quantitative estimate of drug-likeness (QED) is 0.902. The number of benzene rings is 1. The zero-order valence-electron chi connectivity index (χ0n) is 13.4. The minimum absolute atomic E-state index is 0.245. The van der Waals surface area contributed by atoms with Gasteiger partial charge in [-0.05, 0) is 31.9 Å². The average Bonchev–Trinajstić information content (AvgIpc) is 2.58. The lowest BCUT2D eigenvalue weighted by molar-refractivity contribution is 0.102. The fraction of sp³-hybridized carbons (Fsp3) is 0.389. The second kappa shape index (κ2) is 7.22. The predicted molar refractivity (Wildman–Crippen MR) is 91.7 cm³/mol. The van der Waals surface area contributed by atoms with Gasteiger partial charge in [0.05, 0.1) is 12.4 Å². The molecule has 0 atom stereocenters. The van der Waals surface area contributed by atoms with E-state index in [9.17, 15) is 4.79 Å². The van der Waals surface area contributed by atoms with Gasteiger partial charge in [0.25, 0.3) is 5.91 Å². The zero-order chi connectivity index (χ0) is 16.1. The van der Waals surface area contributed by atoms with E-state index in [1.807, 2.05) is 31.2 Å². The molecule has 0 aliphatic heterocycles. The van der Waals surface area contributed by atoms with Crippen molar-refractivity contribution in [2.24, 2.45) is 0 Å². The number of rotatable bonds is 4. The molecular formula is C18H22N4O. The van der Waals surface area contributed by atoms with Gasteiger partial charge < -0.3 is 10.6 Å². The Labute approximate surface area is 136 Å². The molecule has 0 saturated heterocycles. The Morgan fingerprint density at radius 3 is 2.43 bits per heavy atom. The van der Waals surface area contributed by atoms with Crippen molar-refractivity contribution >= 4 is 17.4 Å². The van der Waals surface area contributed by atoms with Gasteiger partial charge in [0.1, 0.15) is 11.5 Å². The molecule has 0 spiro atoms. The maximum absolute atomic E-state index is 12.2. The Kier molecular flexibility index (Phi) is 4.86. The first-order chi connectivity index (χ1) is 11.2. The maximum atomic E-state index is 12.2. The normalized spacial score (nSPS) is 15.2. The van der Waals surface area contributed by atoms with Crippen LogP contribution in [0.2, 0.25) is 0 Å². The molecular weight excluding hydrogens is 288 g/mol. The molecule has 120 valence electrons. The number of nitrogens with zero attached hydrogens (tertiary/aromatic N) is 2. The second-order valence-corrected chi connectivity index (χ2v) is 6.09. The van der Waals surface area contributed by atoms with Crippen LogP contribution in [0.25, 0.3) is 0 Å². The molecule has 5 heteroatoms. The van der Waals surface area contributed by atoms with Crippen LogP contribution < -0.4 is 10.6 Å². The summed E-state index contributed by atoms with van der Waals surface area (Å²) in [5.41, 5.74) is 2.23. The van der Waals surface area contributed by atoms with Gasteiger partial charge in [-0.3, -0.25) is 4.79 Å². The van der Waals surface area contributed by atoms with Crippen molar-refractivity contribution in [1.29, 1.82) is 0 Å². The minimum Gasteiger partial charge on any atom is -0.366 e. The third-order valence-electron chi connectivity index (χ3n) is 4.15. The predicted octanol–water partition coefficient (Wildman–Crippen LogP) is 3.78. The molecule has 1 aliphatic rings. The molecule has 1 saturated carbocycles. The third-order valence-corrected chi connectivity index (χ3v) is 4.15. The van der Waals surface area contributed by atoms with Crippen molar-refractivity contribution in [1.82, 2.24) is 9.97 Å². The van der Waals surface area contributed by atoms with Gasteiger partial charge in [0.15, 0.2) is 0 Å². The van der Waals surface area contributed by atoms with Crippen LogP contribution in [-0.4, -0.2) is 21.9 Å². The van der Waals surface area contributed by atoms with Crippen LogP contribution in [0.5, 0.6) is 0 Å². The molecule has 1 heterocycles. The number of hydrogen-bond donors (Lipinski definition) is 2. The standard InChI is InChI=1S/C18H22N4O/c1-13-7-9-15(10-8-13)22-18(23)16-11-20-17(12-19-16)21-14-5-3-2-4-6-14/h7-12,14H,2-6H2,1H3,(H,20,21)(H,22,23). The van der Waals surface area contributed by atoms with E-state index in [-0.39, 0.29) is 5.91 Å². The Bertz CT molecular complexity index is 646. The molecule has 1 aromatic carbocycles. The smallest absolute Gasteiger partial charge is 0.275 e. The summed E-state index contributed by atoms with van der Waals surface area (Å²) in [6, 6.07) is 8.14. The summed E-state index contributed by atoms with van der Waals surface area (Å²) in [7, 11) is 0. The molecule has 3 rings (SSSR count). The lowest BCUT2D eigenvalue weighted by atomic mass is 9.96. The summed E-state index contributed by atoms with van der Waals surface area (Å²) in [4.78, 5) is 20.7. The van der Waals surface area contributed by atoms with Crippen LogP contribution in [0.4, 0.5) is 11.5 Å². The van der Waals surface area contributed by atoms with E-state index in [1.54, 1.807) is 6.20 Å². The van der Waals surface area contributed by atoms with Crippen LogP contribution >= 0.6 is 0 Å². The number of carbonyl (C=O) groups excluding carboxylic acids is 1. The van der Waals surface area contributed by atoms with Gasteiger partial charge in [0.2, 0.25) is 0 Å². The highest BCUT2D eigenvalue weighted by Gasteiger charge is 2.14. The van der Waals surface area contributed by atoms with E-state index in [2.05, 4.69) is 20.6 Å². The lowest BCUT2D eigenvalue weighted by Gasteiger charge is -2.23. The summed E-state index contributed by atoms with van der Waals surface area (Å²) in [6.45, 7) is 2.01. The summed E-state index contributed by atoms with van der Waals surface area (Å²) >= 11 is 0. The monoisotopic (exact) mass is 310 g/mol. The molecule has 0 radical (unpaired) electrons. The van der Waals surface area contributed by atoms with Gasteiger partial charge in [-0.25, -0.2) is 9.97 Å². The molecule has 1 amide bonds. The van der Waals surface area contributed by atoms with Crippen molar-refractivity contribution in [3.8, 4) is 0 Å². The van der Waals surface area contributed by atoms with Gasteiger partial charge in [0, 0.05) is 11.7 Å². The van der Waals surface area contributed by atoms with Gasteiger partial charge in [-0.15, -0.1) is 0 Å². The largest absolute Gasteiger partial charge is 0.366 e. The second-order valence-electron chi connectivity index (χ2n) is 6.09. The van der Waals surface area contributed by atoms with E-state index in [0.29, 0.717) is 11.7 Å². The minimum atomic E-state index is -0.245. The van der Waals surface area contributed by atoms with Gasteiger partial charge >= 0.3 is 0 Å². The maximum Gasteiger partial charge on any atom is 0.275 e. The van der Waals surface area contributed by atoms with Gasteiger partial charge in [-0.2, -0.15) is 0 Å². The SMILES string of the molecule is Cc1ccc(NC(=O)c2cnc(NC3CCCCC3)cn2)cc1. The molecule has 2 N–H and O–H groups in total. The van der Waals surface area contributed by atoms with E-state index < -0.39 is 0 Å². The molecule has 1 aromatic heterocycles. The first-order valence-corrected chi connectivity index (χ1v) is 8.17. The van der Waals surface area contributed by atoms with Crippen LogP contribution in [0, 0.1) is 6.92 Å². The van der Waals surface area contributed by atoms with E-state index >= 15 is 0 Å². The highest BCUT2D eigenvalue weighted by molar-refractivity contribution is 6.02. The Morgan fingerprint density at radius 1 is 1.04 bits per heavy atom. The molecule has 5 nitrogen and oxygen atoms in total. The lowest BCUT2D eigenvalue weighted by Crippen LogP contribution is -2.23. The van der Waals surface area contributed by atoms with Crippen LogP contribution in [0.3, 0.4) is 0 Å². The summed E-state index contributed by atoms with van der Waals surface area (Å²) in [5, 5.41) is 6.22. The topological polar surface area (TPSA) is 66.9 Å². The molecule has 1 fully saturated rings. The third kappa shape index (κ3) is 4.28. The van der Waals surface area contributed by atoms with Crippen LogP contribution in [0.15, 0.2) is 36.7 Å². The van der Waals surface area contributed by atoms with E-state index in [0.717, 1.165) is 17.1 Å². The number of aromatic nitrogens is 2. The number of amides is 1. The van der Waals surface area contributed by atoms with Crippen molar-refractivity contribution in [2.45, 2.75) is 45.1 Å². The summed E-state index contributed by atoms with van der Waals surface area (Å²) < 4.78 is 0. The zero-order valence-corrected chi connectivity index (χ0v) is 13.4. The van der Waals surface area contributed by atoms with Crippen molar-refractivity contribution in [3.05, 3.63) is 47.9 Å². The number of nitrogens with one attached hydrogen (secondary N) is 2. The molecule has 0 unspecified atom stereocenters. The average molecular weight is 310 g/mol. The van der Waals surface area contributed by atoms with Crippen molar-refractivity contribution in [3.63, 3.8) is 0 Å². The summed E-state index contributed by atoms with van der Waals surface area (Å²) in [5.74, 6) is 0.495. The van der Waals surface area contributed by atoms with Crippen LogP contribution in [0.1, 0.15) is 48.2 Å². The summed E-state index contributed by atoms with van der Waals surface area (Å²) in [6.07, 6.45) is 9.37. The van der Waals surface area contributed by atoms with E-state index in [4.69, 9.17) is 0 Å². The van der Waals surface area contributed by atoms with E-state index in [1.165, 1.54) is 38.3 Å². The van der Waals surface area contributed by atoms with Crippen molar-refractivity contribution < 1.29 is 4.79 Å². The highest BCUT2D eigenvalue weighted by Crippen LogP contribution is 2.20. The molecule has 23 heavy (non-hydrogen) atoms. The first-order valence-electron chi connectivity index (χ1n) is 8.17. The first kappa shape index (κ1) is 15.5. The Balaban J connectivity index is 1.59. The Hall–Kier alpha value is -2.43. The highest BCUT2D eigenvalue weighted by atomic mass is 16.1. The number of hydrogen-bond acceptors (Lipinski definition) is 4. The fourth-order valence-electron chi connectivity index (χ4n) is 2.81. The molecule has 2 aromatic rings. The molecule has 1 aliphatic carbocycles. The number of anilines is 2. The number of carbonyl (C=O) groups is 1. The van der Waals surface area contributed by atoms with Crippen LogP contribution in [-0.2, 0) is 0 Å². The Morgan fingerprint density at radius 2 is 1.78 bits per heavy atom. The molecule has 0 bridgehead atoms.